The highest BCUT2D eigenvalue weighted by atomic mass is 35.5. The molecule has 0 bridgehead atoms. The molecule has 2 rings (SSSR count). The number of rotatable bonds is 2. The molecule has 90 valence electrons. The maximum Gasteiger partial charge on any atom is 0.497 e. The Bertz CT molecular complexity index is 517. The molecule has 3 nitrogen and oxygen atoms in total. The van der Waals surface area contributed by atoms with Gasteiger partial charge in [0.15, 0.2) is 0 Å². The highest BCUT2D eigenvalue weighted by Crippen LogP contribution is 2.32. The van der Waals surface area contributed by atoms with Crippen molar-refractivity contribution in [2.24, 2.45) is 0 Å². The summed E-state index contributed by atoms with van der Waals surface area (Å²) in [5, 5.41) is 0.198. The Labute approximate surface area is 99.2 Å². The Morgan fingerprint density at radius 3 is 2.47 bits per heavy atom. The summed E-state index contributed by atoms with van der Waals surface area (Å²) < 4.78 is 36.9. The van der Waals surface area contributed by atoms with Crippen molar-refractivity contribution in [2.75, 3.05) is 11.3 Å². The number of hydrogen-bond acceptors (Lipinski definition) is 2. The lowest BCUT2D eigenvalue weighted by atomic mass is 9.91. The third-order valence-corrected chi connectivity index (χ3v) is 2.56. The average Bonchev–Trinajstić information content (AvgIpc) is 2.42. The second-order valence-electron chi connectivity index (χ2n) is 3.62. The molecule has 0 unspecified atom stereocenters. The van der Waals surface area contributed by atoms with E-state index >= 15 is 0 Å². The van der Waals surface area contributed by atoms with E-state index in [1.54, 1.807) is 0 Å². The molecule has 0 N–H and O–H groups in total. The summed E-state index contributed by atoms with van der Waals surface area (Å²) in [5.74, 6) is -2.12. The van der Waals surface area contributed by atoms with E-state index in [0.717, 1.165) is 0 Å². The normalized spacial score (nSPS) is 15.4. The van der Waals surface area contributed by atoms with Crippen molar-refractivity contribution >= 4 is 36.0 Å². The van der Waals surface area contributed by atoms with Crippen molar-refractivity contribution in [1.82, 2.24) is 0 Å². The van der Waals surface area contributed by atoms with E-state index in [-0.39, 0.29) is 16.3 Å². The van der Waals surface area contributed by atoms with Gasteiger partial charge in [0, 0.05) is 5.02 Å². The summed E-state index contributed by atoms with van der Waals surface area (Å²) in [6.07, 6.45) is -1.42. The Hall–Kier alpha value is -1.50. The molecule has 1 amide bonds. The van der Waals surface area contributed by atoms with Gasteiger partial charge in [0.2, 0.25) is 0 Å². The molecule has 0 aliphatic carbocycles. The summed E-state index contributed by atoms with van der Waals surface area (Å²) in [6, 6.07) is 3.77. The number of nitrogens with zero attached hydrogens (tertiary/aromatic N) is 1. The number of fused-ring (bicyclic) bond motifs is 1. The number of carbonyl (C=O) groups excluding carboxylic acids is 2. The van der Waals surface area contributed by atoms with Crippen LogP contribution in [0.3, 0.4) is 0 Å². The largest absolute Gasteiger partial charge is 0.497 e. The molecule has 1 aromatic rings. The van der Waals surface area contributed by atoms with Gasteiger partial charge >= 0.3 is 6.98 Å². The zero-order valence-electron chi connectivity index (χ0n) is 8.29. The summed E-state index contributed by atoms with van der Waals surface area (Å²) in [4.78, 5) is 23.3. The molecule has 1 aliphatic rings. The fourth-order valence-corrected chi connectivity index (χ4v) is 1.83. The van der Waals surface area contributed by atoms with Gasteiger partial charge in [-0.3, -0.25) is 9.59 Å². The standard InChI is InChI=1S/C9H5BClF3NO2/c11-5-1-2-7-6(3-5)8(16)9(17)15(7)4-10(12,13)14/h1-3H,4H2/q-1. The van der Waals surface area contributed by atoms with Crippen molar-refractivity contribution in [3.63, 3.8) is 0 Å². The highest BCUT2D eigenvalue weighted by Gasteiger charge is 2.39. The van der Waals surface area contributed by atoms with E-state index in [0.29, 0.717) is 4.90 Å². The van der Waals surface area contributed by atoms with Crippen molar-refractivity contribution in [3.8, 4) is 0 Å². The van der Waals surface area contributed by atoms with Crippen LogP contribution in [0.2, 0.25) is 5.02 Å². The van der Waals surface area contributed by atoms with Crippen LogP contribution in [0.4, 0.5) is 18.6 Å². The van der Waals surface area contributed by atoms with Crippen LogP contribution in [0.5, 0.6) is 0 Å². The molecule has 1 aromatic carbocycles. The molecular weight excluding hydrogens is 257 g/mol. The van der Waals surface area contributed by atoms with Crippen LogP contribution in [0.15, 0.2) is 18.2 Å². The van der Waals surface area contributed by atoms with Crippen molar-refractivity contribution in [3.05, 3.63) is 28.8 Å². The number of Topliss-reactive ketones (excluding diaryl/α,β-unsaturated/α-hetero) is 1. The van der Waals surface area contributed by atoms with Gasteiger partial charge in [0.25, 0.3) is 11.7 Å². The summed E-state index contributed by atoms with van der Waals surface area (Å²) >= 11 is 5.62. The Morgan fingerprint density at radius 2 is 1.88 bits per heavy atom. The second kappa shape index (κ2) is 3.77. The summed E-state index contributed by atoms with van der Waals surface area (Å²) in [6.45, 7) is -5.19. The van der Waals surface area contributed by atoms with Gasteiger partial charge in [-0.1, -0.05) is 11.6 Å². The fourth-order valence-electron chi connectivity index (χ4n) is 1.66. The topological polar surface area (TPSA) is 37.4 Å². The highest BCUT2D eigenvalue weighted by molar-refractivity contribution is 6.62. The zero-order valence-corrected chi connectivity index (χ0v) is 9.05. The number of hydrogen-bond donors (Lipinski definition) is 0. The molecule has 0 saturated carbocycles. The van der Waals surface area contributed by atoms with Gasteiger partial charge < -0.3 is 17.8 Å². The van der Waals surface area contributed by atoms with Gasteiger partial charge in [-0.25, -0.2) is 0 Å². The minimum Gasteiger partial charge on any atom is -0.448 e. The minimum absolute atomic E-state index is 0.0383. The Kier molecular flexibility index (Phi) is 2.65. The third kappa shape index (κ3) is 2.15. The molecular formula is C9H5BClF3NO2-. The molecule has 1 heterocycles. The number of carbonyl (C=O) groups is 2. The molecule has 8 heteroatoms. The van der Waals surface area contributed by atoms with E-state index < -0.39 is 25.1 Å². The van der Waals surface area contributed by atoms with E-state index in [4.69, 9.17) is 11.6 Å². The van der Waals surface area contributed by atoms with E-state index in [2.05, 4.69) is 0 Å². The van der Waals surface area contributed by atoms with Crippen molar-refractivity contribution in [1.29, 1.82) is 0 Å². The Balaban J connectivity index is 2.45. The van der Waals surface area contributed by atoms with Gasteiger partial charge in [-0.2, -0.15) is 0 Å². The lowest BCUT2D eigenvalue weighted by molar-refractivity contribution is -0.114. The number of amides is 1. The van der Waals surface area contributed by atoms with Crippen molar-refractivity contribution < 1.29 is 22.5 Å². The van der Waals surface area contributed by atoms with Gasteiger partial charge in [-0.15, -0.1) is 0 Å². The van der Waals surface area contributed by atoms with Crippen molar-refractivity contribution in [2.45, 2.75) is 0 Å². The molecule has 17 heavy (non-hydrogen) atoms. The molecule has 0 saturated heterocycles. The van der Waals surface area contributed by atoms with Crippen LogP contribution in [-0.4, -0.2) is 25.1 Å². The molecule has 0 fully saturated rings. The first-order chi connectivity index (χ1) is 7.79. The molecule has 0 atom stereocenters. The van der Waals surface area contributed by atoms with E-state index in [1.807, 2.05) is 0 Å². The number of anilines is 1. The van der Waals surface area contributed by atoms with Crippen LogP contribution in [0.25, 0.3) is 0 Å². The number of benzene rings is 1. The number of halogens is 4. The predicted octanol–water partition coefficient (Wildman–Crippen LogP) is 2.26. The van der Waals surface area contributed by atoms with E-state index in [9.17, 15) is 22.5 Å². The fraction of sp³-hybridized carbons (Fsp3) is 0.111. The third-order valence-electron chi connectivity index (χ3n) is 2.32. The van der Waals surface area contributed by atoms with Gasteiger partial charge in [0.1, 0.15) is 0 Å². The first-order valence-electron chi connectivity index (χ1n) is 4.66. The molecule has 0 radical (unpaired) electrons. The van der Waals surface area contributed by atoms with Crippen LogP contribution in [-0.2, 0) is 4.79 Å². The minimum atomic E-state index is -5.19. The second-order valence-corrected chi connectivity index (χ2v) is 4.05. The zero-order chi connectivity index (χ0) is 12.8. The first kappa shape index (κ1) is 12.0. The van der Waals surface area contributed by atoms with Crippen LogP contribution in [0, 0.1) is 0 Å². The lowest BCUT2D eigenvalue weighted by Crippen LogP contribution is -2.41. The van der Waals surface area contributed by atoms with Crippen LogP contribution in [0.1, 0.15) is 10.4 Å². The average molecular weight is 262 g/mol. The first-order valence-corrected chi connectivity index (χ1v) is 5.04. The summed E-state index contributed by atoms with van der Waals surface area (Å²) in [5.41, 5.74) is -0.119. The number of ketones is 1. The molecule has 1 aliphatic heterocycles. The quantitative estimate of drug-likeness (QED) is 0.605. The van der Waals surface area contributed by atoms with Gasteiger partial charge in [-0.05, 0) is 24.6 Å². The lowest BCUT2D eigenvalue weighted by Gasteiger charge is -2.23. The maximum absolute atomic E-state index is 12.3. The smallest absolute Gasteiger partial charge is 0.448 e. The van der Waals surface area contributed by atoms with E-state index in [1.165, 1.54) is 18.2 Å². The maximum atomic E-state index is 12.3. The van der Waals surface area contributed by atoms with Crippen LogP contribution < -0.4 is 4.90 Å². The summed E-state index contributed by atoms with van der Waals surface area (Å²) in [7, 11) is 0. The van der Waals surface area contributed by atoms with Crippen LogP contribution >= 0.6 is 11.6 Å². The predicted molar refractivity (Wildman–Crippen MR) is 57.2 cm³/mol. The Morgan fingerprint density at radius 1 is 1.24 bits per heavy atom. The SMILES string of the molecule is O=C1C(=O)N(C[B-](F)(F)F)c2ccc(Cl)cc21. The van der Waals surface area contributed by atoms with Gasteiger partial charge in [0.05, 0.1) is 11.3 Å². The molecule has 0 aromatic heterocycles. The molecule has 0 spiro atoms. The monoisotopic (exact) mass is 262 g/mol.